The molecule has 1 aromatic carbocycles. The van der Waals surface area contributed by atoms with Crippen molar-refractivity contribution in [2.45, 2.75) is 18.4 Å². The Labute approximate surface area is 105 Å². The molecule has 0 aliphatic carbocycles. The standard InChI is InChI=1S/C11H9ClF4O2/c12-8-2-1-6(3-9(8)13)10(11(14,15)16)18-5-7-4-17-7/h1-3,7,10H,4-5H2/t7-,10-/m1/s1. The molecule has 18 heavy (non-hydrogen) atoms. The van der Waals surface area contributed by atoms with Gasteiger partial charge in [0.25, 0.3) is 0 Å². The topological polar surface area (TPSA) is 21.8 Å². The Hall–Kier alpha value is -0.850. The highest BCUT2D eigenvalue weighted by molar-refractivity contribution is 6.30. The molecular formula is C11H9ClF4O2. The molecule has 1 aliphatic rings. The molecule has 1 heterocycles. The fourth-order valence-corrected chi connectivity index (χ4v) is 1.54. The third kappa shape index (κ3) is 3.34. The summed E-state index contributed by atoms with van der Waals surface area (Å²) in [7, 11) is 0. The summed E-state index contributed by atoms with van der Waals surface area (Å²) in [6.07, 6.45) is -7.09. The Morgan fingerprint density at radius 1 is 1.44 bits per heavy atom. The van der Waals surface area contributed by atoms with Crippen LogP contribution < -0.4 is 0 Å². The molecular weight excluding hydrogens is 276 g/mol. The lowest BCUT2D eigenvalue weighted by molar-refractivity contribution is -0.224. The average Bonchev–Trinajstić information content (AvgIpc) is 3.05. The summed E-state index contributed by atoms with van der Waals surface area (Å²) in [4.78, 5) is 0. The van der Waals surface area contributed by atoms with Gasteiger partial charge in [0.05, 0.1) is 18.2 Å². The van der Waals surface area contributed by atoms with Crippen LogP contribution in [0.4, 0.5) is 17.6 Å². The number of hydrogen-bond acceptors (Lipinski definition) is 2. The van der Waals surface area contributed by atoms with Crippen molar-refractivity contribution < 1.29 is 27.0 Å². The summed E-state index contributed by atoms with van der Waals surface area (Å²) < 4.78 is 61.0. The molecule has 0 saturated carbocycles. The Bertz CT molecular complexity index is 432. The third-order valence-electron chi connectivity index (χ3n) is 2.39. The number of halogens is 5. The van der Waals surface area contributed by atoms with Crippen molar-refractivity contribution >= 4 is 11.6 Å². The van der Waals surface area contributed by atoms with E-state index in [9.17, 15) is 17.6 Å². The van der Waals surface area contributed by atoms with Gasteiger partial charge in [-0.1, -0.05) is 17.7 Å². The van der Waals surface area contributed by atoms with Crippen LogP contribution in [0.5, 0.6) is 0 Å². The van der Waals surface area contributed by atoms with Crippen LogP contribution in [-0.4, -0.2) is 25.5 Å². The normalized spacial score (nSPS) is 20.8. The van der Waals surface area contributed by atoms with E-state index in [4.69, 9.17) is 21.1 Å². The lowest BCUT2D eigenvalue weighted by Gasteiger charge is -2.21. The van der Waals surface area contributed by atoms with E-state index < -0.39 is 18.1 Å². The van der Waals surface area contributed by atoms with E-state index in [1.54, 1.807) is 0 Å². The van der Waals surface area contributed by atoms with Gasteiger partial charge in [0, 0.05) is 0 Å². The Balaban J connectivity index is 2.17. The molecule has 2 atom stereocenters. The largest absolute Gasteiger partial charge is 0.418 e. The van der Waals surface area contributed by atoms with Crippen molar-refractivity contribution in [3.63, 3.8) is 0 Å². The molecule has 100 valence electrons. The van der Waals surface area contributed by atoms with E-state index in [1.165, 1.54) is 0 Å². The molecule has 0 aromatic heterocycles. The van der Waals surface area contributed by atoms with Gasteiger partial charge in [-0.25, -0.2) is 4.39 Å². The Morgan fingerprint density at radius 2 is 2.11 bits per heavy atom. The van der Waals surface area contributed by atoms with E-state index >= 15 is 0 Å². The number of epoxide rings is 1. The maximum Gasteiger partial charge on any atom is 0.418 e. The van der Waals surface area contributed by atoms with Crippen LogP contribution in [0.2, 0.25) is 5.02 Å². The van der Waals surface area contributed by atoms with E-state index in [2.05, 4.69) is 0 Å². The first-order chi connectivity index (χ1) is 8.38. The fourth-order valence-electron chi connectivity index (χ4n) is 1.42. The molecule has 2 rings (SSSR count). The molecule has 0 spiro atoms. The monoisotopic (exact) mass is 284 g/mol. The maximum atomic E-state index is 13.2. The van der Waals surface area contributed by atoms with Crippen LogP contribution in [0, 0.1) is 5.82 Å². The second-order valence-electron chi connectivity index (χ2n) is 3.88. The number of rotatable bonds is 4. The smallest absolute Gasteiger partial charge is 0.371 e. The maximum absolute atomic E-state index is 13.2. The van der Waals surface area contributed by atoms with Crippen molar-refractivity contribution in [1.29, 1.82) is 0 Å². The van der Waals surface area contributed by atoms with E-state index in [0.717, 1.165) is 18.2 Å². The molecule has 1 saturated heterocycles. The van der Waals surface area contributed by atoms with Gasteiger partial charge in [0.2, 0.25) is 0 Å². The molecule has 7 heteroatoms. The average molecular weight is 285 g/mol. The first kappa shape index (κ1) is 13.6. The first-order valence-corrected chi connectivity index (χ1v) is 5.50. The van der Waals surface area contributed by atoms with E-state index in [0.29, 0.717) is 6.61 Å². The first-order valence-electron chi connectivity index (χ1n) is 5.13. The predicted molar refractivity (Wildman–Crippen MR) is 55.9 cm³/mol. The van der Waals surface area contributed by atoms with Gasteiger partial charge in [0.15, 0.2) is 6.10 Å². The lowest BCUT2D eigenvalue weighted by Crippen LogP contribution is -2.25. The van der Waals surface area contributed by atoms with Crippen molar-refractivity contribution in [1.82, 2.24) is 0 Å². The minimum Gasteiger partial charge on any atom is -0.371 e. The highest BCUT2D eigenvalue weighted by Gasteiger charge is 2.43. The molecule has 0 N–H and O–H groups in total. The van der Waals surface area contributed by atoms with E-state index in [1.807, 2.05) is 0 Å². The van der Waals surface area contributed by atoms with Gasteiger partial charge in [0.1, 0.15) is 11.9 Å². The van der Waals surface area contributed by atoms with Crippen LogP contribution >= 0.6 is 11.6 Å². The number of benzene rings is 1. The second-order valence-corrected chi connectivity index (χ2v) is 4.29. The van der Waals surface area contributed by atoms with Crippen LogP contribution in [0.25, 0.3) is 0 Å². The quantitative estimate of drug-likeness (QED) is 0.623. The van der Waals surface area contributed by atoms with Gasteiger partial charge < -0.3 is 9.47 Å². The van der Waals surface area contributed by atoms with Gasteiger partial charge in [-0.2, -0.15) is 13.2 Å². The van der Waals surface area contributed by atoms with Crippen LogP contribution in [0.1, 0.15) is 11.7 Å². The zero-order valence-electron chi connectivity index (χ0n) is 9.01. The number of alkyl halides is 3. The minimum atomic E-state index is -4.62. The van der Waals surface area contributed by atoms with Gasteiger partial charge in [-0.15, -0.1) is 0 Å². The SMILES string of the molecule is Fc1cc([C@@H](OC[C@H]2CO2)C(F)(F)F)ccc1Cl. The zero-order valence-corrected chi connectivity index (χ0v) is 9.76. The zero-order chi connectivity index (χ0) is 13.3. The molecule has 1 aromatic rings. The van der Waals surface area contributed by atoms with Crippen molar-refractivity contribution in [3.05, 3.63) is 34.6 Å². The second kappa shape index (κ2) is 5.03. The fraction of sp³-hybridized carbons (Fsp3) is 0.455. The molecule has 0 unspecified atom stereocenters. The van der Waals surface area contributed by atoms with Crippen LogP contribution in [0.15, 0.2) is 18.2 Å². The summed E-state index contributed by atoms with van der Waals surface area (Å²) in [5, 5.41) is -0.231. The summed E-state index contributed by atoms with van der Waals surface area (Å²) in [6.45, 7) is 0.216. The number of hydrogen-bond donors (Lipinski definition) is 0. The predicted octanol–water partition coefficient (Wildman–Crippen LogP) is 3.50. The van der Waals surface area contributed by atoms with E-state index in [-0.39, 0.29) is 23.3 Å². The van der Waals surface area contributed by atoms with Crippen molar-refractivity contribution in [2.75, 3.05) is 13.2 Å². The summed E-state index contributed by atoms with van der Waals surface area (Å²) in [6, 6.07) is 2.90. The van der Waals surface area contributed by atoms with Crippen LogP contribution in [-0.2, 0) is 9.47 Å². The third-order valence-corrected chi connectivity index (χ3v) is 2.70. The van der Waals surface area contributed by atoms with Gasteiger partial charge in [-0.05, 0) is 17.7 Å². The Kier molecular flexibility index (Phi) is 3.79. The van der Waals surface area contributed by atoms with Crippen molar-refractivity contribution in [3.8, 4) is 0 Å². The molecule has 0 radical (unpaired) electrons. The molecule has 0 amide bonds. The highest BCUT2D eigenvalue weighted by Crippen LogP contribution is 2.37. The number of ether oxygens (including phenoxy) is 2. The molecule has 1 aliphatic heterocycles. The van der Waals surface area contributed by atoms with Gasteiger partial charge >= 0.3 is 6.18 Å². The van der Waals surface area contributed by atoms with Crippen LogP contribution in [0.3, 0.4) is 0 Å². The minimum absolute atomic E-state index is 0.172. The summed E-state index contributed by atoms with van der Waals surface area (Å²) in [5.74, 6) is -0.908. The summed E-state index contributed by atoms with van der Waals surface area (Å²) >= 11 is 5.42. The molecule has 0 bridgehead atoms. The summed E-state index contributed by atoms with van der Waals surface area (Å²) in [5.41, 5.74) is -0.315. The Morgan fingerprint density at radius 3 is 2.61 bits per heavy atom. The van der Waals surface area contributed by atoms with Gasteiger partial charge in [-0.3, -0.25) is 0 Å². The highest BCUT2D eigenvalue weighted by atomic mass is 35.5. The molecule has 1 fully saturated rings. The van der Waals surface area contributed by atoms with Crippen molar-refractivity contribution in [2.24, 2.45) is 0 Å². The lowest BCUT2D eigenvalue weighted by atomic mass is 10.1. The molecule has 2 nitrogen and oxygen atoms in total.